The van der Waals surface area contributed by atoms with Gasteiger partial charge in [-0.25, -0.2) is 9.97 Å². The molecule has 0 saturated carbocycles. The summed E-state index contributed by atoms with van der Waals surface area (Å²) in [5.74, 6) is 1.35. The van der Waals surface area contributed by atoms with Crippen LogP contribution in [0.2, 0.25) is 0 Å². The van der Waals surface area contributed by atoms with Gasteiger partial charge in [-0.05, 0) is 36.8 Å². The zero-order valence-electron chi connectivity index (χ0n) is 17.8. The average molecular weight is 428 g/mol. The van der Waals surface area contributed by atoms with Crippen LogP contribution in [0.1, 0.15) is 22.8 Å². The molecule has 162 valence electrons. The Kier molecular flexibility index (Phi) is 6.57. The van der Waals surface area contributed by atoms with Crippen molar-refractivity contribution in [1.29, 1.82) is 0 Å². The van der Waals surface area contributed by atoms with E-state index in [1.165, 1.54) is 5.56 Å². The van der Waals surface area contributed by atoms with Crippen LogP contribution in [-0.4, -0.2) is 34.0 Å². The van der Waals surface area contributed by atoms with Gasteiger partial charge in [0.15, 0.2) is 5.78 Å². The first-order valence-corrected chi connectivity index (χ1v) is 10.4. The van der Waals surface area contributed by atoms with Crippen LogP contribution in [0.3, 0.4) is 0 Å². The number of aromatic nitrogens is 2. The Bertz CT molecular complexity index is 1210. The van der Waals surface area contributed by atoms with Gasteiger partial charge >= 0.3 is 0 Å². The second-order valence-corrected chi connectivity index (χ2v) is 7.39. The van der Waals surface area contributed by atoms with Crippen molar-refractivity contribution in [2.75, 3.05) is 29.1 Å². The molecule has 4 rings (SSSR count). The molecule has 0 bridgehead atoms. The van der Waals surface area contributed by atoms with Crippen LogP contribution < -0.4 is 16.0 Å². The van der Waals surface area contributed by atoms with Crippen molar-refractivity contribution in [3.8, 4) is 0 Å². The molecular formula is C25H25N5O2. The molecule has 2 aromatic carbocycles. The number of pyridine rings is 2. The summed E-state index contributed by atoms with van der Waals surface area (Å²) in [5, 5.41) is 19.9. The predicted molar refractivity (Wildman–Crippen MR) is 129 cm³/mol. The third kappa shape index (κ3) is 5.19. The smallest absolute Gasteiger partial charge is 0.159 e. The third-order valence-electron chi connectivity index (χ3n) is 5.00. The molecule has 0 unspecified atom stereocenters. The lowest BCUT2D eigenvalue weighted by Crippen LogP contribution is -2.08. The summed E-state index contributed by atoms with van der Waals surface area (Å²) in [5.41, 5.74) is 4.34. The van der Waals surface area contributed by atoms with Crippen molar-refractivity contribution in [3.05, 3.63) is 84.1 Å². The van der Waals surface area contributed by atoms with E-state index in [1.807, 2.05) is 42.5 Å². The normalized spacial score (nSPS) is 10.7. The van der Waals surface area contributed by atoms with Crippen molar-refractivity contribution in [1.82, 2.24) is 9.97 Å². The Labute approximate surface area is 186 Å². The van der Waals surface area contributed by atoms with Gasteiger partial charge in [-0.15, -0.1) is 0 Å². The van der Waals surface area contributed by atoms with Crippen LogP contribution in [-0.2, 0) is 6.54 Å². The lowest BCUT2D eigenvalue weighted by Gasteiger charge is -2.14. The Hall–Kier alpha value is -3.97. The van der Waals surface area contributed by atoms with Crippen LogP contribution >= 0.6 is 0 Å². The Morgan fingerprint density at radius 3 is 2.47 bits per heavy atom. The molecule has 7 heteroatoms. The number of nitrogens with zero attached hydrogens (tertiary/aromatic N) is 2. The molecule has 0 atom stereocenters. The van der Waals surface area contributed by atoms with Crippen LogP contribution in [0, 0.1) is 0 Å². The van der Waals surface area contributed by atoms with Crippen molar-refractivity contribution >= 4 is 39.7 Å². The van der Waals surface area contributed by atoms with Gasteiger partial charge in [-0.2, -0.15) is 0 Å². The number of Topliss-reactive ketones (excluding diaryl/α,β-unsaturated/α-hetero) is 1. The summed E-state index contributed by atoms with van der Waals surface area (Å²) in [6, 6.07) is 21.2. The number of anilines is 4. The van der Waals surface area contributed by atoms with Crippen LogP contribution in [0.4, 0.5) is 23.0 Å². The van der Waals surface area contributed by atoms with Crippen molar-refractivity contribution in [2.24, 2.45) is 0 Å². The number of carbonyl (C=O) groups is 1. The summed E-state index contributed by atoms with van der Waals surface area (Å²) in [7, 11) is 0. The minimum absolute atomic E-state index is 0.0197. The zero-order chi connectivity index (χ0) is 22.3. The summed E-state index contributed by atoms with van der Waals surface area (Å²) in [6.07, 6.45) is 1.79. The van der Waals surface area contributed by atoms with Gasteiger partial charge in [0.05, 0.1) is 12.1 Å². The quantitative estimate of drug-likeness (QED) is 0.290. The Morgan fingerprint density at radius 2 is 1.75 bits per heavy atom. The highest BCUT2D eigenvalue weighted by Gasteiger charge is 2.09. The maximum Gasteiger partial charge on any atom is 0.159 e. The fourth-order valence-corrected chi connectivity index (χ4v) is 3.34. The van der Waals surface area contributed by atoms with E-state index in [0.717, 1.165) is 22.3 Å². The van der Waals surface area contributed by atoms with Crippen molar-refractivity contribution in [3.63, 3.8) is 0 Å². The van der Waals surface area contributed by atoms with Gasteiger partial charge in [-0.3, -0.25) is 4.79 Å². The van der Waals surface area contributed by atoms with E-state index < -0.39 is 0 Å². The first-order valence-electron chi connectivity index (χ1n) is 10.4. The molecule has 2 heterocycles. The van der Waals surface area contributed by atoms with E-state index in [0.29, 0.717) is 30.3 Å². The number of hydrogen-bond acceptors (Lipinski definition) is 7. The number of rotatable bonds is 9. The highest BCUT2D eigenvalue weighted by atomic mass is 16.3. The lowest BCUT2D eigenvalue weighted by atomic mass is 10.1. The molecule has 4 N–H and O–H groups in total. The topological polar surface area (TPSA) is 99.2 Å². The largest absolute Gasteiger partial charge is 0.395 e. The molecular weight excluding hydrogens is 402 g/mol. The lowest BCUT2D eigenvalue weighted by molar-refractivity contribution is 0.101. The second-order valence-electron chi connectivity index (χ2n) is 7.39. The zero-order valence-corrected chi connectivity index (χ0v) is 17.8. The fraction of sp³-hybridized carbons (Fsp3) is 0.160. The van der Waals surface area contributed by atoms with Crippen LogP contribution in [0.25, 0.3) is 10.9 Å². The third-order valence-corrected chi connectivity index (χ3v) is 5.00. The average Bonchev–Trinajstić information content (AvgIpc) is 2.82. The molecule has 2 aromatic heterocycles. The van der Waals surface area contributed by atoms with Crippen LogP contribution in [0.15, 0.2) is 72.9 Å². The fourth-order valence-electron chi connectivity index (χ4n) is 3.34. The van der Waals surface area contributed by atoms with Crippen LogP contribution in [0.5, 0.6) is 0 Å². The molecule has 0 spiro atoms. The highest BCUT2D eigenvalue weighted by Crippen LogP contribution is 2.28. The van der Waals surface area contributed by atoms with E-state index >= 15 is 0 Å². The summed E-state index contributed by atoms with van der Waals surface area (Å²) in [6.45, 7) is 2.65. The second kappa shape index (κ2) is 9.89. The molecule has 0 amide bonds. The maximum absolute atomic E-state index is 11.5. The molecule has 0 aliphatic carbocycles. The summed E-state index contributed by atoms with van der Waals surface area (Å²) in [4.78, 5) is 20.7. The number of aliphatic hydroxyl groups excluding tert-OH is 1. The molecule has 32 heavy (non-hydrogen) atoms. The molecule has 0 fully saturated rings. The predicted octanol–water partition coefficient (Wildman–Crippen LogP) is 4.59. The minimum atomic E-state index is 0.0197. The number of aliphatic hydroxyl groups is 1. The molecule has 0 aliphatic heterocycles. The summed E-state index contributed by atoms with van der Waals surface area (Å²) >= 11 is 0. The van der Waals surface area contributed by atoms with E-state index in [4.69, 9.17) is 0 Å². The monoisotopic (exact) mass is 427 g/mol. The van der Waals surface area contributed by atoms with Gasteiger partial charge in [0, 0.05) is 53.7 Å². The van der Waals surface area contributed by atoms with Gasteiger partial charge in [0.2, 0.25) is 0 Å². The Balaban J connectivity index is 1.62. The van der Waals surface area contributed by atoms with E-state index in [2.05, 4.69) is 38.1 Å². The summed E-state index contributed by atoms with van der Waals surface area (Å²) < 4.78 is 0. The maximum atomic E-state index is 11.5. The molecule has 0 saturated heterocycles. The van der Waals surface area contributed by atoms with E-state index in [9.17, 15) is 9.90 Å². The SMILES string of the molecule is CC(=O)c1ccc(Nc2cc3nc(NCCO)cc(NCc4ccccc4)c3cn2)cc1. The van der Waals surface area contributed by atoms with Gasteiger partial charge in [0.1, 0.15) is 11.6 Å². The van der Waals surface area contributed by atoms with E-state index in [1.54, 1.807) is 25.3 Å². The molecule has 7 nitrogen and oxygen atoms in total. The number of nitrogens with one attached hydrogen (secondary N) is 3. The number of hydrogen-bond donors (Lipinski definition) is 4. The molecule has 4 aromatic rings. The first-order chi connectivity index (χ1) is 15.6. The minimum Gasteiger partial charge on any atom is -0.395 e. The number of carbonyl (C=O) groups excluding carboxylic acids is 1. The highest BCUT2D eigenvalue weighted by molar-refractivity contribution is 5.95. The van der Waals surface area contributed by atoms with Gasteiger partial charge < -0.3 is 21.1 Å². The molecule has 0 aliphatic rings. The Morgan fingerprint density at radius 1 is 0.969 bits per heavy atom. The van der Waals surface area contributed by atoms with E-state index in [-0.39, 0.29) is 12.4 Å². The number of ketones is 1. The van der Waals surface area contributed by atoms with Crippen molar-refractivity contribution < 1.29 is 9.90 Å². The standard InChI is InChI=1S/C25H25N5O2/c1-17(32)19-7-9-20(10-8-19)29-25-14-23-21(16-28-25)22(13-24(30-23)26-11-12-31)27-15-18-5-3-2-4-6-18/h2-10,13-14,16,31H,11-12,15H2,1H3,(H,28,29)(H2,26,27,30). The first kappa shape index (κ1) is 21.3. The van der Waals surface area contributed by atoms with Gasteiger partial charge in [0.25, 0.3) is 0 Å². The molecule has 0 radical (unpaired) electrons. The van der Waals surface area contributed by atoms with Crippen molar-refractivity contribution in [2.45, 2.75) is 13.5 Å². The number of fused-ring (bicyclic) bond motifs is 1. The van der Waals surface area contributed by atoms with Gasteiger partial charge in [-0.1, -0.05) is 30.3 Å². The number of benzene rings is 2.